The maximum Gasteiger partial charge on any atom is 0.142 e. The first kappa shape index (κ1) is 12.7. The monoisotopic (exact) mass is 224 g/mol. The fourth-order valence-corrected chi connectivity index (χ4v) is 1.16. The molecule has 86 valence electrons. The number of aryl methyl sites for hydroxylation is 1. The highest BCUT2D eigenvalue weighted by Crippen LogP contribution is 2.15. The summed E-state index contributed by atoms with van der Waals surface area (Å²) >= 11 is 0. The van der Waals surface area contributed by atoms with Crippen LogP contribution in [0.15, 0.2) is 12.1 Å². The second-order valence-corrected chi connectivity index (χ2v) is 4.10. The van der Waals surface area contributed by atoms with Crippen molar-refractivity contribution in [3.8, 4) is 11.8 Å². The molecule has 16 heavy (non-hydrogen) atoms. The second kappa shape index (κ2) is 4.63. The van der Waals surface area contributed by atoms with Crippen LogP contribution < -0.4 is 0 Å². The maximum absolute atomic E-state index is 13.4. The summed E-state index contributed by atoms with van der Waals surface area (Å²) in [6, 6.07) is 2.52. The van der Waals surface area contributed by atoms with Gasteiger partial charge in [0.2, 0.25) is 0 Å². The summed E-state index contributed by atoms with van der Waals surface area (Å²) < 4.78 is 26.9. The van der Waals surface area contributed by atoms with Crippen molar-refractivity contribution >= 4 is 0 Å². The molecule has 0 fully saturated rings. The van der Waals surface area contributed by atoms with Gasteiger partial charge >= 0.3 is 0 Å². The third kappa shape index (κ3) is 3.32. The molecule has 0 aliphatic rings. The first-order chi connectivity index (χ1) is 7.33. The zero-order chi connectivity index (χ0) is 12.3. The van der Waals surface area contributed by atoms with Crippen LogP contribution in [-0.4, -0.2) is 10.7 Å². The van der Waals surface area contributed by atoms with Gasteiger partial charge in [-0.3, -0.25) is 0 Å². The van der Waals surface area contributed by atoms with Crippen molar-refractivity contribution in [2.24, 2.45) is 0 Å². The van der Waals surface area contributed by atoms with Crippen LogP contribution in [-0.2, 0) is 6.42 Å². The number of hydrogen-bond donors (Lipinski definition) is 1. The molecule has 0 amide bonds. The van der Waals surface area contributed by atoms with Crippen molar-refractivity contribution in [3.05, 3.63) is 34.9 Å². The zero-order valence-electron chi connectivity index (χ0n) is 9.56. The number of hydrogen-bond acceptors (Lipinski definition) is 1. The van der Waals surface area contributed by atoms with Crippen LogP contribution in [0.25, 0.3) is 0 Å². The molecule has 1 aromatic rings. The van der Waals surface area contributed by atoms with Crippen LogP contribution in [0.1, 0.15) is 31.9 Å². The van der Waals surface area contributed by atoms with Gasteiger partial charge in [-0.1, -0.05) is 18.8 Å². The summed E-state index contributed by atoms with van der Waals surface area (Å²) in [5.41, 5.74) is -0.967. The molecule has 1 nitrogen and oxygen atoms in total. The molecule has 0 saturated carbocycles. The van der Waals surface area contributed by atoms with E-state index in [1.54, 1.807) is 0 Å². The zero-order valence-corrected chi connectivity index (χ0v) is 9.56. The number of halogens is 2. The fourth-order valence-electron chi connectivity index (χ4n) is 1.16. The molecular weight excluding hydrogens is 210 g/mol. The summed E-state index contributed by atoms with van der Waals surface area (Å²) in [5, 5.41) is 9.34. The van der Waals surface area contributed by atoms with Crippen molar-refractivity contribution in [1.29, 1.82) is 0 Å². The van der Waals surface area contributed by atoms with Gasteiger partial charge in [-0.15, -0.1) is 0 Å². The van der Waals surface area contributed by atoms with Crippen LogP contribution in [0.3, 0.4) is 0 Å². The average molecular weight is 224 g/mol. The van der Waals surface area contributed by atoms with E-state index in [0.29, 0.717) is 12.0 Å². The van der Waals surface area contributed by atoms with E-state index in [2.05, 4.69) is 11.8 Å². The Hall–Kier alpha value is -1.40. The molecule has 0 saturated heterocycles. The van der Waals surface area contributed by atoms with Gasteiger partial charge < -0.3 is 5.11 Å². The molecule has 0 heterocycles. The minimum atomic E-state index is -1.26. The molecule has 0 unspecified atom stereocenters. The van der Waals surface area contributed by atoms with E-state index < -0.39 is 17.2 Å². The number of rotatable bonds is 1. The standard InChI is InChI=1S/C13H14F2O/c1-4-9-7-11(14)10(12(15)8-9)5-6-13(2,3)16/h7-8,16H,4H2,1-3H3. The van der Waals surface area contributed by atoms with E-state index in [-0.39, 0.29) is 5.56 Å². The van der Waals surface area contributed by atoms with Gasteiger partial charge in [0.1, 0.15) is 17.2 Å². The van der Waals surface area contributed by atoms with Gasteiger partial charge in [0.25, 0.3) is 0 Å². The molecule has 0 atom stereocenters. The van der Waals surface area contributed by atoms with Gasteiger partial charge in [0.05, 0.1) is 5.56 Å². The molecule has 0 spiro atoms. The summed E-state index contributed by atoms with van der Waals surface area (Å²) in [4.78, 5) is 0. The van der Waals surface area contributed by atoms with Crippen LogP contribution in [0, 0.1) is 23.5 Å². The molecule has 0 aliphatic heterocycles. The van der Waals surface area contributed by atoms with Gasteiger partial charge in [-0.2, -0.15) is 0 Å². The highest BCUT2D eigenvalue weighted by Gasteiger charge is 2.10. The van der Waals surface area contributed by atoms with E-state index in [9.17, 15) is 13.9 Å². The summed E-state index contributed by atoms with van der Waals surface area (Å²) in [5.74, 6) is 3.33. The number of aliphatic hydroxyl groups is 1. The van der Waals surface area contributed by atoms with E-state index >= 15 is 0 Å². The van der Waals surface area contributed by atoms with E-state index in [1.165, 1.54) is 26.0 Å². The van der Waals surface area contributed by atoms with Crippen molar-refractivity contribution in [3.63, 3.8) is 0 Å². The fraction of sp³-hybridized carbons (Fsp3) is 0.385. The minimum absolute atomic E-state index is 0.292. The molecule has 3 heteroatoms. The van der Waals surface area contributed by atoms with Crippen LogP contribution in [0.2, 0.25) is 0 Å². The smallest absolute Gasteiger partial charge is 0.142 e. The summed E-state index contributed by atoms with van der Waals surface area (Å²) in [7, 11) is 0. The summed E-state index contributed by atoms with van der Waals surface area (Å²) in [6.45, 7) is 4.73. The molecule has 0 aliphatic carbocycles. The Balaban J connectivity index is 3.19. The predicted octanol–water partition coefficient (Wildman–Crippen LogP) is 2.65. The first-order valence-electron chi connectivity index (χ1n) is 5.07. The van der Waals surface area contributed by atoms with Crippen molar-refractivity contribution in [2.45, 2.75) is 32.8 Å². The Morgan fingerprint density at radius 1 is 1.25 bits per heavy atom. The number of benzene rings is 1. The van der Waals surface area contributed by atoms with Crippen LogP contribution in [0.4, 0.5) is 8.78 Å². The Kier molecular flexibility index (Phi) is 3.66. The highest BCUT2D eigenvalue weighted by atomic mass is 19.1. The van der Waals surface area contributed by atoms with Gasteiger partial charge in [-0.25, -0.2) is 8.78 Å². The lowest BCUT2D eigenvalue weighted by Crippen LogP contribution is -2.14. The summed E-state index contributed by atoms with van der Waals surface area (Å²) in [6.07, 6.45) is 0.563. The SMILES string of the molecule is CCc1cc(F)c(C#CC(C)(C)O)c(F)c1. The highest BCUT2D eigenvalue weighted by molar-refractivity contribution is 5.40. The Morgan fingerprint density at radius 3 is 2.12 bits per heavy atom. The second-order valence-electron chi connectivity index (χ2n) is 4.10. The van der Waals surface area contributed by atoms with Gasteiger partial charge in [-0.05, 0) is 38.0 Å². The topological polar surface area (TPSA) is 20.2 Å². The average Bonchev–Trinajstić information content (AvgIpc) is 2.14. The lowest BCUT2D eigenvalue weighted by atomic mass is 10.1. The van der Waals surface area contributed by atoms with E-state index in [4.69, 9.17) is 0 Å². The van der Waals surface area contributed by atoms with Crippen LogP contribution >= 0.6 is 0 Å². The van der Waals surface area contributed by atoms with Crippen molar-refractivity contribution in [1.82, 2.24) is 0 Å². The lowest BCUT2D eigenvalue weighted by Gasteiger charge is -2.06. The maximum atomic E-state index is 13.4. The van der Waals surface area contributed by atoms with Gasteiger partial charge in [0.15, 0.2) is 0 Å². The van der Waals surface area contributed by atoms with E-state index in [0.717, 1.165) is 0 Å². The van der Waals surface area contributed by atoms with Crippen LogP contribution in [0.5, 0.6) is 0 Å². The molecule has 0 bridgehead atoms. The molecule has 1 N–H and O–H groups in total. The minimum Gasteiger partial charge on any atom is -0.378 e. The third-order valence-electron chi connectivity index (χ3n) is 2.00. The first-order valence-corrected chi connectivity index (χ1v) is 5.07. The van der Waals surface area contributed by atoms with E-state index in [1.807, 2.05) is 6.92 Å². The lowest BCUT2D eigenvalue weighted by molar-refractivity contribution is 0.143. The largest absolute Gasteiger partial charge is 0.378 e. The Bertz CT molecular complexity index is 424. The molecule has 1 aromatic carbocycles. The molecular formula is C13H14F2O. The molecule has 1 rings (SSSR count). The normalized spacial score (nSPS) is 10.9. The van der Waals surface area contributed by atoms with Crippen molar-refractivity contribution in [2.75, 3.05) is 0 Å². The quantitative estimate of drug-likeness (QED) is 0.727. The molecule has 0 aromatic heterocycles. The van der Waals surface area contributed by atoms with Crippen molar-refractivity contribution < 1.29 is 13.9 Å². The predicted molar refractivity (Wildman–Crippen MR) is 58.9 cm³/mol. The Morgan fingerprint density at radius 2 is 1.75 bits per heavy atom. The van der Waals surface area contributed by atoms with Gasteiger partial charge in [0, 0.05) is 0 Å². The Labute approximate surface area is 94.1 Å². The molecule has 0 radical (unpaired) electrons. The third-order valence-corrected chi connectivity index (χ3v) is 2.00.